The van der Waals surface area contributed by atoms with E-state index in [0.717, 1.165) is 4.70 Å². The highest BCUT2D eigenvalue weighted by molar-refractivity contribution is 7.17. The summed E-state index contributed by atoms with van der Waals surface area (Å²) < 4.78 is 41.3. The van der Waals surface area contributed by atoms with Gasteiger partial charge in [0, 0.05) is 12.7 Å². The van der Waals surface area contributed by atoms with E-state index in [-0.39, 0.29) is 11.0 Å². The van der Waals surface area contributed by atoms with Crippen LogP contribution in [0.1, 0.15) is 0 Å². The van der Waals surface area contributed by atoms with Gasteiger partial charge in [-0.25, -0.2) is 4.98 Å². The van der Waals surface area contributed by atoms with Crippen LogP contribution in [0.2, 0.25) is 5.28 Å². The van der Waals surface area contributed by atoms with Crippen LogP contribution in [0.3, 0.4) is 0 Å². The molecular formula is C14H9ClF3N3OS. The molecule has 9 heteroatoms. The van der Waals surface area contributed by atoms with Crippen LogP contribution in [0, 0.1) is 0 Å². The molecule has 4 nitrogen and oxygen atoms in total. The molecule has 1 aromatic carbocycles. The predicted octanol–water partition coefficient (Wildman–Crippen LogP) is 5.01. The molecule has 0 aliphatic rings. The minimum absolute atomic E-state index is 0.106. The van der Waals surface area contributed by atoms with Gasteiger partial charge in [0.15, 0.2) is 5.82 Å². The number of ether oxygens (including phenoxy) is 1. The fraction of sp³-hybridized carbons (Fsp3) is 0.143. The van der Waals surface area contributed by atoms with E-state index in [4.69, 9.17) is 11.6 Å². The summed E-state index contributed by atoms with van der Waals surface area (Å²) in [6.45, 7) is 0. The molecule has 3 aromatic rings. The minimum Gasteiger partial charge on any atom is -0.406 e. The first-order valence-corrected chi connectivity index (χ1v) is 7.59. The van der Waals surface area contributed by atoms with Crippen LogP contribution in [-0.4, -0.2) is 23.4 Å². The van der Waals surface area contributed by atoms with Crippen LogP contribution in [0.5, 0.6) is 5.75 Å². The molecule has 0 unspecified atom stereocenters. The van der Waals surface area contributed by atoms with Crippen LogP contribution >= 0.6 is 22.9 Å². The number of hydrogen-bond acceptors (Lipinski definition) is 5. The van der Waals surface area contributed by atoms with E-state index in [1.54, 1.807) is 11.9 Å². The minimum atomic E-state index is -4.71. The van der Waals surface area contributed by atoms with Crippen molar-refractivity contribution in [3.63, 3.8) is 0 Å². The Bertz CT molecular complexity index is 835. The average Bonchev–Trinajstić information content (AvgIpc) is 2.93. The van der Waals surface area contributed by atoms with Gasteiger partial charge in [-0.3, -0.25) is 0 Å². The van der Waals surface area contributed by atoms with Gasteiger partial charge in [0.05, 0.1) is 10.2 Å². The van der Waals surface area contributed by atoms with E-state index in [9.17, 15) is 13.2 Å². The van der Waals surface area contributed by atoms with Crippen molar-refractivity contribution in [1.82, 2.24) is 9.97 Å². The Morgan fingerprint density at radius 3 is 2.48 bits per heavy atom. The van der Waals surface area contributed by atoms with Crippen molar-refractivity contribution < 1.29 is 17.9 Å². The fourth-order valence-electron chi connectivity index (χ4n) is 2.04. The Labute approximate surface area is 138 Å². The summed E-state index contributed by atoms with van der Waals surface area (Å²) in [5.41, 5.74) is 1.36. The van der Waals surface area contributed by atoms with E-state index in [2.05, 4.69) is 14.7 Å². The molecule has 0 aliphatic carbocycles. The molecule has 23 heavy (non-hydrogen) atoms. The second-order valence-corrected chi connectivity index (χ2v) is 5.81. The lowest BCUT2D eigenvalue weighted by Gasteiger charge is -2.19. The SMILES string of the molecule is CN(c1ccc(OC(F)(F)F)cc1)c1nc(Cl)nc2ccsc12. The number of benzene rings is 1. The molecule has 0 saturated heterocycles. The number of nitrogens with zero attached hydrogens (tertiary/aromatic N) is 3. The van der Waals surface area contributed by atoms with Crippen LogP contribution in [0.4, 0.5) is 24.7 Å². The summed E-state index contributed by atoms with van der Waals surface area (Å²) in [5.74, 6) is 0.302. The largest absolute Gasteiger partial charge is 0.573 e. The highest BCUT2D eigenvalue weighted by Gasteiger charge is 2.31. The number of thiophene rings is 1. The van der Waals surface area contributed by atoms with Gasteiger partial charge in [0.2, 0.25) is 5.28 Å². The van der Waals surface area contributed by atoms with Gasteiger partial charge >= 0.3 is 6.36 Å². The van der Waals surface area contributed by atoms with Crippen molar-refractivity contribution in [2.24, 2.45) is 0 Å². The molecule has 3 rings (SSSR count). The third-order valence-corrected chi connectivity index (χ3v) is 4.10. The molecule has 0 bridgehead atoms. The monoisotopic (exact) mass is 359 g/mol. The third kappa shape index (κ3) is 3.48. The van der Waals surface area contributed by atoms with Crippen molar-refractivity contribution >= 4 is 44.7 Å². The molecule has 0 fully saturated rings. The van der Waals surface area contributed by atoms with Crippen LogP contribution in [-0.2, 0) is 0 Å². The van der Waals surface area contributed by atoms with E-state index in [0.29, 0.717) is 17.0 Å². The summed E-state index contributed by atoms with van der Waals surface area (Å²) in [6, 6.07) is 7.33. The zero-order valence-electron chi connectivity index (χ0n) is 11.6. The number of alkyl halides is 3. The predicted molar refractivity (Wildman–Crippen MR) is 83.6 cm³/mol. The van der Waals surface area contributed by atoms with Crippen molar-refractivity contribution in [3.8, 4) is 5.75 Å². The molecule has 2 heterocycles. The zero-order valence-corrected chi connectivity index (χ0v) is 13.2. The summed E-state index contributed by atoms with van der Waals surface area (Å²) in [7, 11) is 1.75. The molecule has 120 valence electrons. The van der Waals surface area contributed by atoms with Crippen LogP contribution in [0.15, 0.2) is 35.7 Å². The van der Waals surface area contributed by atoms with Gasteiger partial charge in [0.1, 0.15) is 5.75 Å². The lowest BCUT2D eigenvalue weighted by Crippen LogP contribution is -2.17. The maximum atomic E-state index is 12.2. The lowest BCUT2D eigenvalue weighted by atomic mass is 10.2. The second kappa shape index (κ2) is 5.86. The van der Waals surface area contributed by atoms with Gasteiger partial charge in [0.25, 0.3) is 0 Å². The third-order valence-electron chi connectivity index (χ3n) is 3.03. The fourth-order valence-corrected chi connectivity index (χ4v) is 3.07. The van der Waals surface area contributed by atoms with E-state index >= 15 is 0 Å². The number of halogens is 4. The Morgan fingerprint density at radius 2 is 1.83 bits per heavy atom. The summed E-state index contributed by atoms with van der Waals surface area (Å²) in [5, 5.41) is 1.97. The van der Waals surface area contributed by atoms with E-state index in [1.165, 1.54) is 35.6 Å². The van der Waals surface area contributed by atoms with Crippen molar-refractivity contribution in [3.05, 3.63) is 41.0 Å². The quantitative estimate of drug-likeness (QED) is 0.616. The highest BCUT2D eigenvalue weighted by Crippen LogP contribution is 2.34. The summed E-state index contributed by atoms with van der Waals surface area (Å²) in [6.07, 6.45) is -4.71. The lowest BCUT2D eigenvalue weighted by molar-refractivity contribution is -0.274. The van der Waals surface area contributed by atoms with Crippen LogP contribution < -0.4 is 9.64 Å². The Kier molecular flexibility index (Phi) is 4.03. The maximum absolute atomic E-state index is 12.2. The molecule has 0 saturated carbocycles. The Balaban J connectivity index is 1.93. The zero-order chi connectivity index (χ0) is 16.6. The topological polar surface area (TPSA) is 38.2 Å². The Morgan fingerprint density at radius 1 is 1.13 bits per heavy atom. The molecule has 0 aliphatic heterocycles. The van der Waals surface area contributed by atoms with Gasteiger partial charge in [-0.15, -0.1) is 24.5 Å². The number of aromatic nitrogens is 2. The molecule has 0 amide bonds. The highest BCUT2D eigenvalue weighted by atomic mass is 35.5. The van der Waals surface area contributed by atoms with Gasteiger partial charge < -0.3 is 9.64 Å². The summed E-state index contributed by atoms with van der Waals surface area (Å²) >= 11 is 7.38. The molecule has 2 aromatic heterocycles. The number of hydrogen-bond donors (Lipinski definition) is 0. The molecular weight excluding hydrogens is 351 g/mol. The maximum Gasteiger partial charge on any atom is 0.573 e. The van der Waals surface area contributed by atoms with Crippen molar-refractivity contribution in [1.29, 1.82) is 0 Å². The molecule has 0 atom stereocenters. The van der Waals surface area contributed by atoms with Crippen molar-refractivity contribution in [2.75, 3.05) is 11.9 Å². The molecule has 0 spiro atoms. The standard InChI is InChI=1S/C14H9ClF3N3OS/c1-21(8-2-4-9(5-3-8)22-14(16,17)18)12-11-10(6-7-23-11)19-13(15)20-12/h2-7H,1H3. The summed E-state index contributed by atoms with van der Waals surface area (Å²) in [4.78, 5) is 10.1. The first-order chi connectivity index (χ1) is 10.8. The van der Waals surface area contributed by atoms with E-state index in [1.807, 2.05) is 11.4 Å². The smallest absolute Gasteiger partial charge is 0.406 e. The Hall–Kier alpha value is -2.06. The normalized spacial score (nSPS) is 11.7. The number of fused-ring (bicyclic) bond motifs is 1. The van der Waals surface area contributed by atoms with Crippen LogP contribution in [0.25, 0.3) is 10.2 Å². The van der Waals surface area contributed by atoms with Gasteiger partial charge in [-0.2, -0.15) is 4.98 Å². The van der Waals surface area contributed by atoms with Gasteiger partial charge in [-0.05, 0) is 47.3 Å². The van der Waals surface area contributed by atoms with Gasteiger partial charge in [-0.1, -0.05) is 0 Å². The number of rotatable bonds is 3. The molecule has 0 radical (unpaired) electrons. The molecule has 0 N–H and O–H groups in total. The number of anilines is 2. The first kappa shape index (κ1) is 15.8. The average molecular weight is 360 g/mol. The first-order valence-electron chi connectivity index (χ1n) is 6.34. The van der Waals surface area contributed by atoms with Crippen molar-refractivity contribution in [2.45, 2.75) is 6.36 Å². The second-order valence-electron chi connectivity index (χ2n) is 4.55. The van der Waals surface area contributed by atoms with E-state index < -0.39 is 6.36 Å².